The van der Waals surface area contributed by atoms with E-state index in [9.17, 15) is 14.0 Å². The minimum absolute atomic E-state index is 0.111. The van der Waals surface area contributed by atoms with Crippen LogP contribution < -0.4 is 10.2 Å². The van der Waals surface area contributed by atoms with Crippen LogP contribution in [0.25, 0.3) is 0 Å². The molecule has 0 saturated carbocycles. The van der Waals surface area contributed by atoms with E-state index in [2.05, 4.69) is 5.32 Å². The Labute approximate surface area is 173 Å². The number of rotatable bonds is 5. The molecule has 2 aromatic carbocycles. The second kappa shape index (κ2) is 8.50. The molecule has 1 aliphatic heterocycles. The van der Waals surface area contributed by atoms with E-state index in [0.29, 0.717) is 23.6 Å². The molecule has 3 rings (SSSR count). The van der Waals surface area contributed by atoms with E-state index < -0.39 is 11.7 Å². The van der Waals surface area contributed by atoms with Crippen molar-refractivity contribution in [1.29, 1.82) is 0 Å². The van der Waals surface area contributed by atoms with Crippen molar-refractivity contribution in [3.8, 4) is 0 Å². The van der Waals surface area contributed by atoms with E-state index in [1.54, 1.807) is 11.0 Å². The molecule has 0 bridgehead atoms. The summed E-state index contributed by atoms with van der Waals surface area (Å²) in [6.07, 6.45) is 1.16. The predicted octanol–water partition coefficient (Wildman–Crippen LogP) is 4.67. The summed E-state index contributed by atoms with van der Waals surface area (Å²) in [7, 11) is 0. The maximum atomic E-state index is 13.4. The molecular weight excluding hydrogens is 402 g/mol. The molecule has 1 N–H and O–H groups in total. The van der Waals surface area contributed by atoms with Crippen LogP contribution in [0.1, 0.15) is 30.0 Å². The number of carbonyl (C=O) groups is 2. The van der Waals surface area contributed by atoms with Crippen LogP contribution in [0.4, 0.5) is 10.1 Å². The van der Waals surface area contributed by atoms with Crippen molar-refractivity contribution in [1.82, 2.24) is 5.32 Å². The Morgan fingerprint density at radius 1 is 1.25 bits per heavy atom. The molecule has 2 amide bonds. The van der Waals surface area contributed by atoms with Crippen molar-refractivity contribution in [2.45, 2.75) is 33.2 Å². The molecule has 1 heterocycles. The van der Waals surface area contributed by atoms with Crippen LogP contribution in [-0.2, 0) is 22.6 Å². The summed E-state index contributed by atoms with van der Waals surface area (Å²) in [5.41, 5.74) is 3.21. The molecule has 1 saturated heterocycles. The maximum Gasteiger partial charge on any atom is 0.239 e. The fraction of sp³-hybridized carbons (Fsp3) is 0.333. The number of benzene rings is 2. The first-order valence-electron chi connectivity index (χ1n) is 9.13. The molecule has 28 heavy (non-hydrogen) atoms. The van der Waals surface area contributed by atoms with Gasteiger partial charge in [0.1, 0.15) is 11.7 Å². The largest absolute Gasteiger partial charge is 0.351 e. The number of nitrogens with one attached hydrogen (secondary N) is 1. The first-order valence-corrected chi connectivity index (χ1v) is 9.88. The number of halogens is 3. The zero-order valence-corrected chi connectivity index (χ0v) is 17.2. The van der Waals surface area contributed by atoms with Gasteiger partial charge < -0.3 is 10.2 Å². The molecule has 0 aliphatic carbocycles. The zero-order chi connectivity index (χ0) is 20.4. The molecule has 1 atom stereocenters. The van der Waals surface area contributed by atoms with Gasteiger partial charge in [-0.3, -0.25) is 9.59 Å². The first-order chi connectivity index (χ1) is 13.3. The second-order valence-electron chi connectivity index (χ2n) is 6.91. The summed E-state index contributed by atoms with van der Waals surface area (Å²) in [4.78, 5) is 27.1. The number of amides is 2. The van der Waals surface area contributed by atoms with E-state index in [0.717, 1.165) is 23.2 Å². The average molecular weight is 423 g/mol. The zero-order valence-electron chi connectivity index (χ0n) is 15.7. The van der Waals surface area contributed by atoms with Gasteiger partial charge in [0.2, 0.25) is 11.8 Å². The van der Waals surface area contributed by atoms with E-state index in [-0.39, 0.29) is 23.4 Å². The highest BCUT2D eigenvalue weighted by Crippen LogP contribution is 2.32. The van der Waals surface area contributed by atoms with Gasteiger partial charge in [0, 0.05) is 28.8 Å². The summed E-state index contributed by atoms with van der Waals surface area (Å²) in [5, 5.41) is 3.64. The third-order valence-corrected chi connectivity index (χ3v) is 5.57. The van der Waals surface area contributed by atoms with Gasteiger partial charge in [0.05, 0.1) is 0 Å². The summed E-state index contributed by atoms with van der Waals surface area (Å²) in [5.74, 6) is -1.82. The van der Waals surface area contributed by atoms with Crippen LogP contribution in [-0.4, -0.2) is 18.4 Å². The van der Waals surface area contributed by atoms with Crippen LogP contribution in [0, 0.1) is 18.7 Å². The van der Waals surface area contributed by atoms with Crippen LogP contribution >= 0.6 is 23.2 Å². The number of hydrogen-bond acceptors (Lipinski definition) is 2. The van der Waals surface area contributed by atoms with Gasteiger partial charge >= 0.3 is 0 Å². The Morgan fingerprint density at radius 2 is 2.00 bits per heavy atom. The number of carbonyl (C=O) groups excluding carboxylic acids is 2. The molecule has 0 aromatic heterocycles. The van der Waals surface area contributed by atoms with Crippen LogP contribution in [0.15, 0.2) is 30.3 Å². The summed E-state index contributed by atoms with van der Waals surface area (Å²) < 4.78 is 13.4. The molecule has 7 heteroatoms. The van der Waals surface area contributed by atoms with Gasteiger partial charge in [-0.2, -0.15) is 0 Å². The minimum atomic E-state index is -0.760. The lowest BCUT2D eigenvalue weighted by Gasteiger charge is -2.21. The highest BCUT2D eigenvalue weighted by atomic mass is 35.5. The van der Waals surface area contributed by atoms with Crippen LogP contribution in [0.2, 0.25) is 10.0 Å². The van der Waals surface area contributed by atoms with E-state index in [1.165, 1.54) is 12.1 Å². The minimum Gasteiger partial charge on any atom is -0.351 e. The summed E-state index contributed by atoms with van der Waals surface area (Å²) >= 11 is 12.0. The SMILES string of the molecule is CCc1cc(Cl)c(C)cc1N1CCC(C(=O)NCc2cc(F)cc(Cl)c2)C1=O. The Kier molecular flexibility index (Phi) is 6.26. The van der Waals surface area contributed by atoms with Crippen molar-refractivity contribution < 1.29 is 14.0 Å². The van der Waals surface area contributed by atoms with Crippen molar-refractivity contribution in [2.24, 2.45) is 5.92 Å². The molecule has 2 aromatic rings. The average Bonchev–Trinajstić information content (AvgIpc) is 3.02. The fourth-order valence-electron chi connectivity index (χ4n) is 3.43. The van der Waals surface area contributed by atoms with Gasteiger partial charge in [0.15, 0.2) is 0 Å². The highest BCUT2D eigenvalue weighted by Gasteiger charge is 2.38. The molecule has 1 unspecified atom stereocenters. The van der Waals surface area contributed by atoms with E-state index in [1.807, 2.05) is 26.0 Å². The van der Waals surface area contributed by atoms with Crippen molar-refractivity contribution in [3.63, 3.8) is 0 Å². The summed E-state index contributed by atoms with van der Waals surface area (Å²) in [6, 6.07) is 7.86. The highest BCUT2D eigenvalue weighted by molar-refractivity contribution is 6.31. The van der Waals surface area contributed by atoms with Gasteiger partial charge in [-0.1, -0.05) is 30.1 Å². The first kappa shape index (κ1) is 20.6. The fourth-order valence-corrected chi connectivity index (χ4v) is 3.86. The lowest BCUT2D eigenvalue weighted by Crippen LogP contribution is -2.36. The topological polar surface area (TPSA) is 49.4 Å². The molecule has 1 fully saturated rings. The van der Waals surface area contributed by atoms with Crippen molar-refractivity contribution >= 4 is 40.7 Å². The number of aryl methyl sites for hydroxylation is 2. The lowest BCUT2D eigenvalue weighted by atomic mass is 10.1. The Morgan fingerprint density at radius 3 is 2.68 bits per heavy atom. The monoisotopic (exact) mass is 422 g/mol. The van der Waals surface area contributed by atoms with Crippen LogP contribution in [0.3, 0.4) is 0 Å². The lowest BCUT2D eigenvalue weighted by molar-refractivity contribution is -0.132. The van der Waals surface area contributed by atoms with Gasteiger partial charge in [-0.25, -0.2) is 4.39 Å². The number of nitrogens with zero attached hydrogens (tertiary/aromatic N) is 1. The molecule has 4 nitrogen and oxygen atoms in total. The van der Waals surface area contributed by atoms with Crippen molar-refractivity contribution in [3.05, 3.63) is 62.9 Å². The normalized spacial score (nSPS) is 16.5. The maximum absolute atomic E-state index is 13.4. The third kappa shape index (κ3) is 4.31. The predicted molar refractivity (Wildman–Crippen MR) is 109 cm³/mol. The smallest absolute Gasteiger partial charge is 0.239 e. The third-order valence-electron chi connectivity index (χ3n) is 4.94. The van der Waals surface area contributed by atoms with E-state index >= 15 is 0 Å². The Hall–Kier alpha value is -2.11. The number of anilines is 1. The van der Waals surface area contributed by atoms with Gasteiger partial charge in [-0.05, 0) is 66.8 Å². The van der Waals surface area contributed by atoms with Gasteiger partial charge in [-0.15, -0.1) is 0 Å². The molecule has 148 valence electrons. The number of hydrogen-bond donors (Lipinski definition) is 1. The molecule has 0 spiro atoms. The van der Waals surface area contributed by atoms with Gasteiger partial charge in [0.25, 0.3) is 0 Å². The molecule has 1 aliphatic rings. The quantitative estimate of drug-likeness (QED) is 0.711. The molecular formula is C21H21Cl2FN2O2. The second-order valence-corrected chi connectivity index (χ2v) is 7.75. The standard InChI is InChI=1S/C21H21Cl2FN2O2/c1-3-14-9-18(23)12(2)6-19(14)26-5-4-17(21(26)28)20(27)25-11-13-7-15(22)10-16(24)8-13/h6-10,17H,3-5,11H2,1-2H3,(H,25,27). The summed E-state index contributed by atoms with van der Waals surface area (Å²) in [6.45, 7) is 4.47. The Bertz CT molecular complexity index is 913. The Balaban J connectivity index is 1.71. The van der Waals surface area contributed by atoms with Crippen LogP contribution in [0.5, 0.6) is 0 Å². The van der Waals surface area contributed by atoms with Crippen molar-refractivity contribution in [2.75, 3.05) is 11.4 Å². The van der Waals surface area contributed by atoms with E-state index in [4.69, 9.17) is 23.2 Å². The molecule has 0 radical (unpaired) electrons.